The van der Waals surface area contributed by atoms with Gasteiger partial charge in [-0.2, -0.15) is 0 Å². The molecule has 0 aromatic rings. The smallest absolute Gasteiger partial charge is 0.0168 e. The largest absolute Gasteiger partial charge is 0.248 e. The minimum atomic E-state index is 0.692. The maximum atomic E-state index is 3.33. The second kappa shape index (κ2) is 3.44. The zero-order valence-electron chi connectivity index (χ0n) is 6.05. The van der Waals surface area contributed by atoms with Crippen molar-refractivity contribution in [2.24, 2.45) is 0 Å². The van der Waals surface area contributed by atoms with E-state index < -0.39 is 0 Å². The lowest BCUT2D eigenvalue weighted by Gasteiger charge is -2.28. The van der Waals surface area contributed by atoms with Gasteiger partial charge in [-0.25, -0.2) is 9.03 Å². The summed E-state index contributed by atoms with van der Waals surface area (Å²) >= 11 is 1.75. The molecular formula is C6H14N2S. The maximum Gasteiger partial charge on any atom is 0.0168 e. The van der Waals surface area contributed by atoms with Crippen LogP contribution in [0.2, 0.25) is 0 Å². The van der Waals surface area contributed by atoms with Gasteiger partial charge in [0.05, 0.1) is 0 Å². The van der Waals surface area contributed by atoms with E-state index in [1.807, 2.05) is 0 Å². The lowest BCUT2D eigenvalue weighted by molar-refractivity contribution is 0.418. The molecule has 0 aromatic carbocycles. The molecule has 0 spiro atoms. The summed E-state index contributed by atoms with van der Waals surface area (Å²) in [6.07, 6.45) is 1.28. The van der Waals surface area contributed by atoms with Crippen molar-refractivity contribution in [2.75, 3.05) is 13.1 Å². The molecule has 1 heterocycles. The highest BCUT2D eigenvalue weighted by Crippen LogP contribution is 2.14. The maximum absolute atomic E-state index is 3.33. The fourth-order valence-electron chi connectivity index (χ4n) is 0.829. The van der Waals surface area contributed by atoms with Gasteiger partial charge in [-0.1, -0.05) is 6.92 Å². The van der Waals surface area contributed by atoms with Crippen LogP contribution in [0.1, 0.15) is 20.3 Å². The first kappa shape index (κ1) is 7.38. The Morgan fingerprint density at radius 2 is 2.56 bits per heavy atom. The van der Waals surface area contributed by atoms with Crippen LogP contribution < -0.4 is 4.72 Å². The van der Waals surface area contributed by atoms with Gasteiger partial charge >= 0.3 is 0 Å². The highest BCUT2D eigenvalue weighted by atomic mass is 32.2. The molecule has 1 unspecified atom stereocenters. The molecule has 0 aromatic heterocycles. The fraction of sp³-hybridized carbons (Fsp3) is 1.00. The van der Waals surface area contributed by atoms with Gasteiger partial charge in [0.15, 0.2) is 0 Å². The van der Waals surface area contributed by atoms with Crippen LogP contribution in [0.25, 0.3) is 0 Å². The Hall–Kier alpha value is 0.270. The minimum Gasteiger partial charge on any atom is -0.248 e. The van der Waals surface area contributed by atoms with Crippen LogP contribution in [-0.4, -0.2) is 23.4 Å². The predicted molar refractivity (Wildman–Crippen MR) is 42.1 cm³/mol. The average Bonchev–Trinajstić information content (AvgIpc) is 1.90. The van der Waals surface area contributed by atoms with Gasteiger partial charge in [0, 0.05) is 31.3 Å². The Kier molecular flexibility index (Phi) is 2.82. The normalized spacial score (nSPS) is 30.7. The van der Waals surface area contributed by atoms with Crippen LogP contribution in [-0.2, 0) is 0 Å². The second-order valence-electron chi connectivity index (χ2n) is 2.42. The zero-order valence-corrected chi connectivity index (χ0v) is 6.87. The lowest BCUT2D eigenvalue weighted by Crippen LogP contribution is -2.35. The van der Waals surface area contributed by atoms with Crippen molar-refractivity contribution < 1.29 is 0 Å². The number of nitrogens with zero attached hydrogens (tertiary/aromatic N) is 1. The van der Waals surface area contributed by atoms with E-state index in [1.165, 1.54) is 13.0 Å². The molecule has 1 fully saturated rings. The summed E-state index contributed by atoms with van der Waals surface area (Å²) < 4.78 is 5.66. The van der Waals surface area contributed by atoms with Gasteiger partial charge in [0.25, 0.3) is 0 Å². The Morgan fingerprint density at radius 3 is 3.00 bits per heavy atom. The highest BCUT2D eigenvalue weighted by molar-refractivity contribution is 7.95. The minimum absolute atomic E-state index is 0.692. The third-order valence-electron chi connectivity index (χ3n) is 1.55. The highest BCUT2D eigenvalue weighted by Gasteiger charge is 2.13. The van der Waals surface area contributed by atoms with E-state index in [1.54, 1.807) is 12.1 Å². The molecule has 1 atom stereocenters. The molecule has 3 heteroatoms. The van der Waals surface area contributed by atoms with E-state index in [9.17, 15) is 0 Å². The van der Waals surface area contributed by atoms with E-state index in [0.29, 0.717) is 6.04 Å². The molecule has 54 valence electrons. The summed E-state index contributed by atoms with van der Waals surface area (Å²) in [7, 11) is 0. The molecular weight excluding hydrogens is 132 g/mol. The molecule has 2 nitrogen and oxygen atoms in total. The first-order chi connectivity index (χ1) is 4.33. The third kappa shape index (κ3) is 2.16. The Labute approximate surface area is 61.3 Å². The molecule has 0 aliphatic carbocycles. The first-order valence-corrected chi connectivity index (χ1v) is 4.27. The molecule has 1 N–H and O–H groups in total. The monoisotopic (exact) mass is 146 g/mol. The number of hydrogen-bond donors (Lipinski definition) is 1. The van der Waals surface area contributed by atoms with Crippen molar-refractivity contribution in [1.29, 1.82) is 0 Å². The Bertz CT molecular complexity index is 79.1. The number of nitrogens with one attached hydrogen (secondary N) is 1. The molecule has 0 radical (unpaired) electrons. The van der Waals surface area contributed by atoms with Gasteiger partial charge in [0.2, 0.25) is 0 Å². The lowest BCUT2D eigenvalue weighted by atomic mass is 10.2. The summed E-state index contributed by atoms with van der Waals surface area (Å²) in [5, 5.41) is 0. The second-order valence-corrected chi connectivity index (χ2v) is 3.36. The number of rotatable bonds is 1. The van der Waals surface area contributed by atoms with Crippen LogP contribution in [0, 0.1) is 0 Å². The Morgan fingerprint density at radius 1 is 1.78 bits per heavy atom. The van der Waals surface area contributed by atoms with Crippen molar-refractivity contribution in [3.05, 3.63) is 0 Å². The zero-order chi connectivity index (χ0) is 6.69. The molecule has 0 saturated carbocycles. The van der Waals surface area contributed by atoms with Crippen molar-refractivity contribution >= 4 is 12.1 Å². The van der Waals surface area contributed by atoms with E-state index >= 15 is 0 Å². The van der Waals surface area contributed by atoms with Crippen molar-refractivity contribution in [2.45, 2.75) is 26.3 Å². The summed E-state index contributed by atoms with van der Waals surface area (Å²) in [6.45, 7) is 6.78. The van der Waals surface area contributed by atoms with Crippen molar-refractivity contribution in [1.82, 2.24) is 9.03 Å². The number of hydrogen-bond acceptors (Lipinski definition) is 3. The standard InChI is InChI=1S/C6H14N2S/c1-3-8-5-4-6(2)7-9-8/h6-7H,3-5H2,1-2H3. The average molecular weight is 146 g/mol. The van der Waals surface area contributed by atoms with Crippen LogP contribution in [0.3, 0.4) is 0 Å². The molecule has 9 heavy (non-hydrogen) atoms. The van der Waals surface area contributed by atoms with Crippen molar-refractivity contribution in [3.63, 3.8) is 0 Å². The van der Waals surface area contributed by atoms with Crippen molar-refractivity contribution in [3.8, 4) is 0 Å². The van der Waals surface area contributed by atoms with E-state index in [2.05, 4.69) is 22.9 Å². The summed E-state index contributed by atoms with van der Waals surface area (Å²) in [5.41, 5.74) is 0. The first-order valence-electron chi connectivity index (χ1n) is 3.50. The van der Waals surface area contributed by atoms with E-state index in [4.69, 9.17) is 0 Å². The van der Waals surface area contributed by atoms with Crippen LogP contribution >= 0.6 is 12.1 Å². The Balaban J connectivity index is 2.18. The van der Waals surface area contributed by atoms with Gasteiger partial charge in [-0.3, -0.25) is 0 Å². The predicted octanol–water partition coefficient (Wildman–Crippen LogP) is 1.25. The van der Waals surface area contributed by atoms with E-state index in [-0.39, 0.29) is 0 Å². The molecule has 1 rings (SSSR count). The topological polar surface area (TPSA) is 15.3 Å². The summed E-state index contributed by atoms with van der Waals surface area (Å²) in [4.78, 5) is 0. The molecule has 1 saturated heterocycles. The molecule has 0 amide bonds. The molecule has 1 aliphatic heterocycles. The van der Waals surface area contributed by atoms with Gasteiger partial charge < -0.3 is 0 Å². The van der Waals surface area contributed by atoms with Gasteiger partial charge in [0.1, 0.15) is 0 Å². The summed E-state index contributed by atoms with van der Waals surface area (Å²) in [6, 6.07) is 0.692. The van der Waals surface area contributed by atoms with Gasteiger partial charge in [-0.05, 0) is 13.3 Å². The van der Waals surface area contributed by atoms with E-state index in [0.717, 1.165) is 6.54 Å². The van der Waals surface area contributed by atoms with Crippen LogP contribution in [0.5, 0.6) is 0 Å². The fourth-order valence-corrected chi connectivity index (χ4v) is 1.60. The summed E-state index contributed by atoms with van der Waals surface area (Å²) in [5.74, 6) is 0. The third-order valence-corrected chi connectivity index (χ3v) is 2.75. The molecule has 1 aliphatic rings. The quantitative estimate of drug-likeness (QED) is 0.561. The molecule has 0 bridgehead atoms. The SMILES string of the molecule is CCN1CCC(C)NS1. The van der Waals surface area contributed by atoms with Crippen LogP contribution in [0.15, 0.2) is 0 Å². The van der Waals surface area contributed by atoms with Crippen LogP contribution in [0.4, 0.5) is 0 Å². The van der Waals surface area contributed by atoms with Gasteiger partial charge in [-0.15, -0.1) is 0 Å².